The van der Waals surface area contributed by atoms with Crippen molar-refractivity contribution in [3.63, 3.8) is 0 Å². The highest BCUT2D eigenvalue weighted by Gasteiger charge is 2.16. The maximum atomic E-state index is 9.37. The fraction of sp³-hybridized carbons (Fsp3) is 0.385. The zero-order valence-electron chi connectivity index (χ0n) is 9.02. The summed E-state index contributed by atoms with van der Waals surface area (Å²) in [6.07, 6.45) is 4.57. The third-order valence-electron chi connectivity index (χ3n) is 3.09. The van der Waals surface area contributed by atoms with E-state index in [0.29, 0.717) is 11.9 Å². The van der Waals surface area contributed by atoms with Crippen molar-refractivity contribution in [2.45, 2.75) is 25.5 Å². The third kappa shape index (κ3) is 1.67. The first kappa shape index (κ1) is 9.73. The molecule has 2 heterocycles. The number of aromatic hydroxyl groups is 1. The standard InChI is InChI=1S/C13H14NO2/c15-11-3-4-13-10(8-11)5-6-14(13)9-12-2-1-7-16-12/h3-4,6,8,12,15H,1-2,7,9H2/t12-/m1/s1. The van der Waals surface area contributed by atoms with Crippen LogP contribution in [-0.2, 0) is 11.3 Å². The highest BCUT2D eigenvalue weighted by molar-refractivity contribution is 5.80. The number of ether oxygens (including phenoxy) is 1. The smallest absolute Gasteiger partial charge is 0.116 e. The largest absolute Gasteiger partial charge is 0.508 e. The van der Waals surface area contributed by atoms with E-state index in [1.165, 1.54) is 0 Å². The van der Waals surface area contributed by atoms with E-state index in [1.54, 1.807) is 12.1 Å². The maximum Gasteiger partial charge on any atom is 0.116 e. The summed E-state index contributed by atoms with van der Waals surface area (Å²) in [5.74, 6) is 0.290. The van der Waals surface area contributed by atoms with Crippen LogP contribution in [0.1, 0.15) is 12.8 Å². The predicted molar refractivity (Wildman–Crippen MR) is 61.4 cm³/mol. The summed E-state index contributed by atoms with van der Waals surface area (Å²) in [5, 5.41) is 10.3. The van der Waals surface area contributed by atoms with Gasteiger partial charge in [0.25, 0.3) is 0 Å². The van der Waals surface area contributed by atoms with E-state index < -0.39 is 0 Å². The van der Waals surface area contributed by atoms with Crippen LogP contribution in [-0.4, -0.2) is 22.4 Å². The van der Waals surface area contributed by atoms with Crippen molar-refractivity contribution < 1.29 is 9.84 Å². The van der Waals surface area contributed by atoms with Crippen molar-refractivity contribution in [2.75, 3.05) is 6.61 Å². The first-order valence-electron chi connectivity index (χ1n) is 5.64. The molecule has 0 bridgehead atoms. The SMILES string of the molecule is Oc1ccc2c([c]cn2C[C@H]2CCCO2)c1. The number of fused-ring (bicyclic) bond motifs is 1. The number of rotatable bonds is 2. The zero-order valence-corrected chi connectivity index (χ0v) is 9.02. The van der Waals surface area contributed by atoms with Gasteiger partial charge in [0.15, 0.2) is 0 Å². The fourth-order valence-electron chi connectivity index (χ4n) is 2.27. The summed E-state index contributed by atoms with van der Waals surface area (Å²) in [7, 11) is 0. The lowest BCUT2D eigenvalue weighted by atomic mass is 10.2. The fourth-order valence-corrected chi connectivity index (χ4v) is 2.27. The van der Waals surface area contributed by atoms with Gasteiger partial charge < -0.3 is 14.4 Å². The monoisotopic (exact) mass is 216 g/mol. The van der Waals surface area contributed by atoms with Crippen LogP contribution in [0.15, 0.2) is 24.4 Å². The van der Waals surface area contributed by atoms with Crippen LogP contribution in [0.2, 0.25) is 0 Å². The molecule has 1 aromatic heterocycles. The van der Waals surface area contributed by atoms with Gasteiger partial charge in [-0.05, 0) is 31.0 Å². The Morgan fingerprint density at radius 2 is 2.44 bits per heavy atom. The zero-order chi connectivity index (χ0) is 11.0. The number of phenolic OH excluding ortho intramolecular Hbond substituents is 1. The van der Waals surface area contributed by atoms with E-state index in [9.17, 15) is 5.11 Å². The number of nitrogens with zero attached hydrogens (tertiary/aromatic N) is 1. The molecule has 1 aliphatic rings. The molecule has 0 saturated carbocycles. The van der Waals surface area contributed by atoms with E-state index >= 15 is 0 Å². The molecular weight excluding hydrogens is 202 g/mol. The molecule has 1 aliphatic heterocycles. The highest BCUT2D eigenvalue weighted by atomic mass is 16.5. The number of phenols is 1. The minimum atomic E-state index is 0.290. The van der Waals surface area contributed by atoms with Crippen LogP contribution in [0.3, 0.4) is 0 Å². The van der Waals surface area contributed by atoms with Crippen LogP contribution < -0.4 is 0 Å². The Hall–Kier alpha value is -1.48. The van der Waals surface area contributed by atoms with Crippen molar-refractivity contribution in [3.8, 4) is 5.75 Å². The molecule has 0 unspecified atom stereocenters. The van der Waals surface area contributed by atoms with Crippen LogP contribution in [0, 0.1) is 6.07 Å². The van der Waals surface area contributed by atoms with Crippen LogP contribution in [0.4, 0.5) is 0 Å². The Kier molecular flexibility index (Phi) is 2.33. The van der Waals surface area contributed by atoms with Gasteiger partial charge >= 0.3 is 0 Å². The van der Waals surface area contributed by atoms with E-state index in [4.69, 9.17) is 4.74 Å². The van der Waals surface area contributed by atoms with Gasteiger partial charge in [-0.1, -0.05) is 0 Å². The highest BCUT2D eigenvalue weighted by Crippen LogP contribution is 2.22. The first-order valence-corrected chi connectivity index (χ1v) is 5.64. The normalized spacial score (nSPS) is 20.6. The molecular formula is C13H14NO2. The van der Waals surface area contributed by atoms with E-state index in [2.05, 4.69) is 10.6 Å². The number of aromatic nitrogens is 1. The maximum absolute atomic E-state index is 9.37. The Morgan fingerprint density at radius 1 is 1.50 bits per heavy atom. The first-order chi connectivity index (χ1) is 7.83. The van der Waals surface area contributed by atoms with Crippen LogP contribution >= 0.6 is 0 Å². The van der Waals surface area contributed by atoms with Crippen molar-refractivity contribution in [1.82, 2.24) is 4.57 Å². The topological polar surface area (TPSA) is 34.4 Å². The van der Waals surface area contributed by atoms with Crippen molar-refractivity contribution in [3.05, 3.63) is 30.5 Å². The number of hydrogen-bond acceptors (Lipinski definition) is 2. The second-order valence-corrected chi connectivity index (χ2v) is 4.26. The number of benzene rings is 1. The van der Waals surface area contributed by atoms with Crippen LogP contribution in [0.5, 0.6) is 5.75 Å². The molecule has 1 fully saturated rings. The molecule has 1 atom stereocenters. The third-order valence-corrected chi connectivity index (χ3v) is 3.09. The molecule has 0 amide bonds. The van der Waals surface area contributed by atoms with Gasteiger partial charge in [-0.25, -0.2) is 0 Å². The minimum absolute atomic E-state index is 0.290. The Morgan fingerprint density at radius 3 is 3.25 bits per heavy atom. The summed E-state index contributed by atoms with van der Waals surface area (Å²) < 4.78 is 7.76. The van der Waals surface area contributed by atoms with E-state index in [-0.39, 0.29) is 0 Å². The van der Waals surface area contributed by atoms with Crippen molar-refractivity contribution in [1.29, 1.82) is 0 Å². The Bertz CT molecular complexity index is 498. The Labute approximate surface area is 94.3 Å². The molecule has 1 N–H and O–H groups in total. The molecule has 83 valence electrons. The quantitative estimate of drug-likeness (QED) is 0.836. The van der Waals surface area contributed by atoms with Gasteiger partial charge in [0.1, 0.15) is 5.75 Å². The lowest BCUT2D eigenvalue weighted by molar-refractivity contribution is 0.0980. The van der Waals surface area contributed by atoms with Crippen molar-refractivity contribution in [2.24, 2.45) is 0 Å². The minimum Gasteiger partial charge on any atom is -0.508 e. The molecule has 1 radical (unpaired) electrons. The summed E-state index contributed by atoms with van der Waals surface area (Å²) >= 11 is 0. The summed E-state index contributed by atoms with van der Waals surface area (Å²) in [6, 6.07) is 8.52. The van der Waals surface area contributed by atoms with E-state index in [0.717, 1.165) is 36.9 Å². The molecule has 16 heavy (non-hydrogen) atoms. The average molecular weight is 216 g/mol. The second kappa shape index (κ2) is 3.83. The summed E-state index contributed by atoms with van der Waals surface area (Å²) in [6.45, 7) is 1.76. The lowest BCUT2D eigenvalue weighted by Gasteiger charge is -2.11. The predicted octanol–water partition coefficient (Wildman–Crippen LogP) is 2.33. The summed E-state index contributed by atoms with van der Waals surface area (Å²) in [5.41, 5.74) is 1.10. The van der Waals surface area contributed by atoms with E-state index in [1.807, 2.05) is 12.3 Å². The molecule has 0 aliphatic carbocycles. The van der Waals surface area contributed by atoms with Gasteiger partial charge in [-0.3, -0.25) is 0 Å². The molecule has 3 heteroatoms. The van der Waals surface area contributed by atoms with Gasteiger partial charge in [0.05, 0.1) is 6.10 Å². The molecule has 3 rings (SSSR count). The molecule has 2 aromatic rings. The van der Waals surface area contributed by atoms with Gasteiger partial charge in [0, 0.05) is 36.3 Å². The molecule has 1 aromatic carbocycles. The number of hydrogen-bond donors (Lipinski definition) is 1. The summed E-state index contributed by atoms with van der Waals surface area (Å²) in [4.78, 5) is 0. The Balaban J connectivity index is 1.91. The van der Waals surface area contributed by atoms with Crippen LogP contribution in [0.25, 0.3) is 10.9 Å². The second-order valence-electron chi connectivity index (χ2n) is 4.26. The average Bonchev–Trinajstić information content (AvgIpc) is 2.89. The molecule has 0 spiro atoms. The lowest BCUT2D eigenvalue weighted by Crippen LogP contribution is -2.13. The van der Waals surface area contributed by atoms with Gasteiger partial charge in [0.2, 0.25) is 0 Å². The molecule has 1 saturated heterocycles. The van der Waals surface area contributed by atoms with Crippen molar-refractivity contribution >= 4 is 10.9 Å². The molecule has 3 nitrogen and oxygen atoms in total. The van der Waals surface area contributed by atoms with Gasteiger partial charge in [-0.2, -0.15) is 0 Å². The van der Waals surface area contributed by atoms with Gasteiger partial charge in [-0.15, -0.1) is 0 Å².